The molecule has 0 radical (unpaired) electrons. The summed E-state index contributed by atoms with van der Waals surface area (Å²) < 4.78 is 41.1. The van der Waals surface area contributed by atoms with Crippen LogP contribution < -0.4 is 10.5 Å². The summed E-state index contributed by atoms with van der Waals surface area (Å²) in [6.45, 7) is 1.28. The van der Waals surface area contributed by atoms with Gasteiger partial charge >= 0.3 is 0 Å². The highest BCUT2D eigenvalue weighted by atomic mass is 32.2. The normalized spacial score (nSPS) is 11.6. The van der Waals surface area contributed by atoms with Gasteiger partial charge in [-0.3, -0.25) is 0 Å². The van der Waals surface area contributed by atoms with E-state index in [2.05, 4.69) is 5.32 Å². The van der Waals surface area contributed by atoms with Crippen molar-refractivity contribution in [2.75, 3.05) is 6.54 Å². The monoisotopic (exact) mass is 374 g/mol. The fourth-order valence-electron chi connectivity index (χ4n) is 2.53. The molecule has 0 spiro atoms. The predicted octanol–water partition coefficient (Wildman–Crippen LogP) is 3.07. The number of nitrogens with one attached hydrogen (secondary N) is 1. The first kappa shape index (κ1) is 18.3. The highest BCUT2D eigenvalue weighted by Crippen LogP contribution is 2.22. The highest BCUT2D eigenvalue weighted by Gasteiger charge is 2.07. The van der Waals surface area contributed by atoms with Crippen molar-refractivity contribution in [3.63, 3.8) is 0 Å². The molecule has 0 saturated heterocycles. The number of rotatable bonds is 7. The molecule has 0 bridgehead atoms. The summed E-state index contributed by atoms with van der Waals surface area (Å²) in [5, 5.41) is 8.35. The summed E-state index contributed by atoms with van der Waals surface area (Å²) in [6, 6.07) is 16.4. The number of hydrogen-bond donors (Lipinski definition) is 2. The van der Waals surface area contributed by atoms with Crippen molar-refractivity contribution < 1.29 is 17.2 Å². The SMILES string of the molecule is NS(=O)(=O)c1ccc(CCNCc2ccc(-c3ccc(F)cc3)o2)cc1. The Bertz CT molecular complexity index is 965. The second-order valence-electron chi connectivity index (χ2n) is 5.89. The number of benzene rings is 2. The molecule has 3 N–H and O–H groups in total. The molecule has 2 aromatic carbocycles. The van der Waals surface area contributed by atoms with E-state index in [0.29, 0.717) is 18.8 Å². The van der Waals surface area contributed by atoms with E-state index in [1.807, 2.05) is 12.1 Å². The number of furan rings is 1. The summed E-state index contributed by atoms with van der Waals surface area (Å²) in [4.78, 5) is 0.109. The topological polar surface area (TPSA) is 85.3 Å². The van der Waals surface area contributed by atoms with Gasteiger partial charge in [-0.25, -0.2) is 17.9 Å². The Balaban J connectivity index is 1.49. The second kappa shape index (κ2) is 7.82. The van der Waals surface area contributed by atoms with Crippen LogP contribution in [0.3, 0.4) is 0 Å². The zero-order valence-electron chi connectivity index (χ0n) is 14.0. The highest BCUT2D eigenvalue weighted by molar-refractivity contribution is 7.89. The molecular formula is C19H19FN2O3S. The van der Waals surface area contributed by atoms with E-state index < -0.39 is 10.0 Å². The molecule has 0 amide bonds. The molecule has 136 valence electrons. The molecule has 1 heterocycles. The van der Waals surface area contributed by atoms with Gasteiger partial charge in [0.1, 0.15) is 17.3 Å². The van der Waals surface area contributed by atoms with E-state index >= 15 is 0 Å². The number of sulfonamides is 1. The van der Waals surface area contributed by atoms with Crippen LogP contribution in [-0.4, -0.2) is 15.0 Å². The predicted molar refractivity (Wildman–Crippen MR) is 97.3 cm³/mol. The van der Waals surface area contributed by atoms with Gasteiger partial charge in [0.25, 0.3) is 0 Å². The van der Waals surface area contributed by atoms with E-state index in [4.69, 9.17) is 9.56 Å². The van der Waals surface area contributed by atoms with Crippen LogP contribution in [-0.2, 0) is 23.0 Å². The minimum Gasteiger partial charge on any atom is -0.460 e. The van der Waals surface area contributed by atoms with Gasteiger partial charge in [-0.2, -0.15) is 0 Å². The van der Waals surface area contributed by atoms with Crippen molar-refractivity contribution in [3.8, 4) is 11.3 Å². The Labute approximate surface area is 151 Å². The fraction of sp³-hybridized carbons (Fsp3) is 0.158. The summed E-state index contributed by atoms with van der Waals surface area (Å²) in [7, 11) is -3.65. The van der Waals surface area contributed by atoms with Crippen molar-refractivity contribution in [1.82, 2.24) is 5.32 Å². The first-order chi connectivity index (χ1) is 12.4. The van der Waals surface area contributed by atoms with Crippen molar-refractivity contribution in [2.45, 2.75) is 17.9 Å². The third kappa shape index (κ3) is 4.78. The minimum atomic E-state index is -3.65. The molecule has 3 aromatic rings. The van der Waals surface area contributed by atoms with Gasteiger partial charge in [-0.1, -0.05) is 12.1 Å². The van der Waals surface area contributed by atoms with Gasteiger partial charge < -0.3 is 9.73 Å². The third-order valence-corrected chi connectivity index (χ3v) is 4.86. The standard InChI is InChI=1S/C19H19FN2O3S/c20-16-5-3-15(4-6-16)19-10-7-17(25-19)13-22-12-11-14-1-8-18(9-2-14)26(21,23)24/h1-10,22H,11-13H2,(H2,21,23,24). The molecule has 26 heavy (non-hydrogen) atoms. The van der Waals surface area contributed by atoms with Gasteiger partial charge in [-0.05, 0) is 67.1 Å². The second-order valence-corrected chi connectivity index (χ2v) is 7.45. The molecule has 3 rings (SSSR count). The molecule has 0 aliphatic rings. The molecular weight excluding hydrogens is 355 g/mol. The lowest BCUT2D eigenvalue weighted by Gasteiger charge is -2.04. The van der Waals surface area contributed by atoms with Crippen LogP contribution in [0.1, 0.15) is 11.3 Å². The molecule has 0 atom stereocenters. The van der Waals surface area contributed by atoms with Crippen LogP contribution in [0.2, 0.25) is 0 Å². The number of nitrogens with two attached hydrogens (primary N) is 1. The van der Waals surface area contributed by atoms with E-state index in [0.717, 1.165) is 23.3 Å². The first-order valence-corrected chi connectivity index (χ1v) is 9.63. The molecule has 0 saturated carbocycles. The zero-order valence-corrected chi connectivity index (χ0v) is 14.8. The van der Waals surface area contributed by atoms with Gasteiger partial charge in [0.2, 0.25) is 10.0 Å². The molecule has 5 nitrogen and oxygen atoms in total. The lowest BCUT2D eigenvalue weighted by atomic mass is 10.1. The maximum atomic E-state index is 13.0. The van der Waals surface area contributed by atoms with Crippen LogP contribution in [0.25, 0.3) is 11.3 Å². The Kier molecular flexibility index (Phi) is 5.51. The molecule has 7 heteroatoms. The summed E-state index contributed by atoms with van der Waals surface area (Å²) >= 11 is 0. The number of primary sulfonamides is 1. The Morgan fingerprint density at radius 3 is 2.31 bits per heavy atom. The van der Waals surface area contributed by atoms with Crippen LogP contribution in [0, 0.1) is 5.82 Å². The summed E-state index contributed by atoms with van der Waals surface area (Å²) in [6.07, 6.45) is 0.746. The average Bonchev–Trinajstić information content (AvgIpc) is 3.08. The molecule has 0 aliphatic heterocycles. The molecule has 1 aromatic heterocycles. The Morgan fingerprint density at radius 1 is 0.962 bits per heavy atom. The minimum absolute atomic E-state index is 0.109. The smallest absolute Gasteiger partial charge is 0.238 e. The quantitative estimate of drug-likeness (QED) is 0.623. The first-order valence-electron chi connectivity index (χ1n) is 8.09. The van der Waals surface area contributed by atoms with Gasteiger partial charge in [0.15, 0.2) is 0 Å². The van der Waals surface area contributed by atoms with Gasteiger partial charge in [0, 0.05) is 5.56 Å². The van der Waals surface area contributed by atoms with Gasteiger partial charge in [0.05, 0.1) is 11.4 Å². The fourth-order valence-corrected chi connectivity index (χ4v) is 3.05. The van der Waals surface area contributed by atoms with Crippen LogP contribution in [0.4, 0.5) is 4.39 Å². The van der Waals surface area contributed by atoms with Crippen molar-refractivity contribution in [1.29, 1.82) is 0 Å². The van der Waals surface area contributed by atoms with Crippen molar-refractivity contribution in [2.24, 2.45) is 5.14 Å². The number of halogens is 1. The molecule has 0 fully saturated rings. The average molecular weight is 374 g/mol. The van der Waals surface area contributed by atoms with Crippen LogP contribution in [0.5, 0.6) is 0 Å². The largest absolute Gasteiger partial charge is 0.460 e. The van der Waals surface area contributed by atoms with Crippen molar-refractivity contribution >= 4 is 10.0 Å². The molecule has 0 unspecified atom stereocenters. The third-order valence-electron chi connectivity index (χ3n) is 3.93. The van der Waals surface area contributed by atoms with E-state index in [1.54, 1.807) is 24.3 Å². The molecule has 0 aliphatic carbocycles. The van der Waals surface area contributed by atoms with Crippen LogP contribution >= 0.6 is 0 Å². The summed E-state index contributed by atoms with van der Waals surface area (Å²) in [5.41, 5.74) is 1.84. The van der Waals surface area contributed by atoms with Gasteiger partial charge in [-0.15, -0.1) is 0 Å². The Morgan fingerprint density at radius 2 is 1.65 bits per heavy atom. The Hall–Kier alpha value is -2.48. The van der Waals surface area contributed by atoms with E-state index in [-0.39, 0.29) is 10.7 Å². The zero-order chi connectivity index (χ0) is 18.6. The summed E-state index contributed by atoms with van der Waals surface area (Å²) in [5.74, 6) is 1.20. The number of hydrogen-bond acceptors (Lipinski definition) is 4. The van der Waals surface area contributed by atoms with E-state index in [9.17, 15) is 12.8 Å². The lowest BCUT2D eigenvalue weighted by Crippen LogP contribution is -2.16. The maximum absolute atomic E-state index is 13.0. The van der Waals surface area contributed by atoms with E-state index in [1.165, 1.54) is 24.3 Å². The van der Waals surface area contributed by atoms with Crippen LogP contribution in [0.15, 0.2) is 70.0 Å². The lowest BCUT2D eigenvalue weighted by molar-refractivity contribution is 0.494. The van der Waals surface area contributed by atoms with Crippen molar-refractivity contribution in [3.05, 3.63) is 77.8 Å². The maximum Gasteiger partial charge on any atom is 0.238 e.